The molecule has 5 heteroatoms. The zero-order valence-electron chi connectivity index (χ0n) is 9.36. The quantitative estimate of drug-likeness (QED) is 0.704. The topological polar surface area (TPSA) is 61.4 Å². The number of carbonyl (C=O) groups excluding carboxylic acids is 1. The Hall–Kier alpha value is -1.20. The molecule has 0 aliphatic carbocycles. The summed E-state index contributed by atoms with van der Waals surface area (Å²) >= 11 is 1.65. The minimum absolute atomic E-state index is 0.0706. The van der Waals surface area contributed by atoms with Crippen molar-refractivity contribution in [1.82, 2.24) is 5.32 Å². The van der Waals surface area contributed by atoms with E-state index in [4.69, 9.17) is 5.11 Å². The molecular weight excluding hydrogens is 224 g/mol. The van der Waals surface area contributed by atoms with Crippen LogP contribution in [0.1, 0.15) is 6.92 Å². The number of hydrogen-bond donors (Lipinski definition) is 3. The second-order valence-corrected chi connectivity index (χ2v) is 4.29. The Bertz CT molecular complexity index is 340. The van der Waals surface area contributed by atoms with E-state index in [-0.39, 0.29) is 18.7 Å². The van der Waals surface area contributed by atoms with Crippen LogP contribution in [0.25, 0.3) is 0 Å². The smallest absolute Gasteiger partial charge is 0.319 e. The largest absolute Gasteiger partial charge is 0.394 e. The summed E-state index contributed by atoms with van der Waals surface area (Å²) < 4.78 is 0. The van der Waals surface area contributed by atoms with E-state index in [0.717, 1.165) is 10.6 Å². The molecule has 1 rings (SSSR count). The summed E-state index contributed by atoms with van der Waals surface area (Å²) in [7, 11) is 0. The molecule has 0 aliphatic rings. The third-order valence-corrected chi connectivity index (χ3v) is 2.74. The zero-order chi connectivity index (χ0) is 12.0. The van der Waals surface area contributed by atoms with Crippen LogP contribution in [-0.2, 0) is 0 Å². The Morgan fingerprint density at radius 3 is 2.56 bits per heavy atom. The van der Waals surface area contributed by atoms with Crippen LogP contribution in [0.4, 0.5) is 10.5 Å². The third-order valence-electron chi connectivity index (χ3n) is 2.00. The van der Waals surface area contributed by atoms with Crippen LogP contribution in [0.2, 0.25) is 0 Å². The molecule has 1 unspecified atom stereocenters. The third kappa shape index (κ3) is 4.12. The van der Waals surface area contributed by atoms with Crippen molar-refractivity contribution < 1.29 is 9.90 Å². The van der Waals surface area contributed by atoms with E-state index in [1.165, 1.54) is 0 Å². The van der Waals surface area contributed by atoms with Crippen molar-refractivity contribution in [2.24, 2.45) is 0 Å². The molecule has 1 aromatic carbocycles. The van der Waals surface area contributed by atoms with Gasteiger partial charge in [0.2, 0.25) is 0 Å². The Kier molecular flexibility index (Phi) is 5.14. The molecule has 0 radical (unpaired) electrons. The standard InChI is InChI=1S/C11H16N2O2S/c1-8(7-14)12-11(15)13-9-3-5-10(16-2)6-4-9/h3-6,8,14H,7H2,1-2H3,(H2,12,13,15). The second kappa shape index (κ2) is 6.40. The number of amides is 2. The summed E-state index contributed by atoms with van der Waals surface area (Å²) in [6, 6.07) is 7.01. The highest BCUT2D eigenvalue weighted by Crippen LogP contribution is 2.17. The molecule has 2 amide bonds. The van der Waals surface area contributed by atoms with Crippen LogP contribution in [0, 0.1) is 0 Å². The van der Waals surface area contributed by atoms with E-state index in [2.05, 4.69) is 10.6 Å². The Balaban J connectivity index is 2.49. The Morgan fingerprint density at radius 1 is 1.44 bits per heavy atom. The normalized spacial score (nSPS) is 11.9. The molecule has 16 heavy (non-hydrogen) atoms. The van der Waals surface area contributed by atoms with Gasteiger partial charge in [-0.05, 0) is 37.4 Å². The SMILES string of the molecule is CSc1ccc(NC(=O)NC(C)CO)cc1. The fourth-order valence-electron chi connectivity index (χ4n) is 1.11. The fourth-order valence-corrected chi connectivity index (χ4v) is 1.52. The molecule has 0 saturated carbocycles. The maximum absolute atomic E-state index is 11.4. The lowest BCUT2D eigenvalue weighted by Gasteiger charge is -2.12. The highest BCUT2D eigenvalue weighted by atomic mass is 32.2. The van der Waals surface area contributed by atoms with Gasteiger partial charge in [-0.25, -0.2) is 4.79 Å². The molecule has 0 spiro atoms. The monoisotopic (exact) mass is 240 g/mol. The number of benzene rings is 1. The van der Waals surface area contributed by atoms with Gasteiger partial charge in [-0.3, -0.25) is 0 Å². The molecule has 1 atom stereocenters. The average Bonchev–Trinajstić information content (AvgIpc) is 2.29. The number of urea groups is 1. The first-order chi connectivity index (χ1) is 7.65. The van der Waals surface area contributed by atoms with Crippen molar-refractivity contribution in [1.29, 1.82) is 0 Å². The lowest BCUT2D eigenvalue weighted by atomic mass is 10.3. The number of nitrogens with one attached hydrogen (secondary N) is 2. The lowest BCUT2D eigenvalue weighted by molar-refractivity contribution is 0.229. The summed E-state index contributed by atoms with van der Waals surface area (Å²) in [5, 5.41) is 14.1. The highest BCUT2D eigenvalue weighted by molar-refractivity contribution is 7.98. The van der Waals surface area contributed by atoms with Gasteiger partial charge >= 0.3 is 6.03 Å². The molecule has 0 aromatic heterocycles. The molecule has 0 bridgehead atoms. The van der Waals surface area contributed by atoms with Crippen LogP contribution < -0.4 is 10.6 Å². The molecule has 0 aliphatic heterocycles. The Labute approximate surface area is 99.4 Å². The number of hydrogen-bond acceptors (Lipinski definition) is 3. The molecule has 4 nitrogen and oxygen atoms in total. The minimum atomic E-state index is -0.307. The maximum Gasteiger partial charge on any atom is 0.319 e. The van der Waals surface area contributed by atoms with Crippen LogP contribution >= 0.6 is 11.8 Å². The molecule has 0 saturated heterocycles. The van der Waals surface area contributed by atoms with Gasteiger partial charge in [-0.2, -0.15) is 0 Å². The van der Waals surface area contributed by atoms with Gasteiger partial charge in [0.1, 0.15) is 0 Å². The first-order valence-electron chi connectivity index (χ1n) is 4.98. The van der Waals surface area contributed by atoms with E-state index < -0.39 is 0 Å². The number of rotatable bonds is 4. The first kappa shape index (κ1) is 12.9. The van der Waals surface area contributed by atoms with Gasteiger partial charge in [0.25, 0.3) is 0 Å². The van der Waals surface area contributed by atoms with Gasteiger partial charge in [-0.15, -0.1) is 11.8 Å². The predicted molar refractivity (Wildman–Crippen MR) is 66.9 cm³/mol. The lowest BCUT2D eigenvalue weighted by Crippen LogP contribution is -2.38. The van der Waals surface area contributed by atoms with E-state index in [1.54, 1.807) is 18.7 Å². The summed E-state index contributed by atoms with van der Waals surface area (Å²) in [5.41, 5.74) is 0.737. The summed E-state index contributed by atoms with van der Waals surface area (Å²) in [6.07, 6.45) is 2.00. The minimum Gasteiger partial charge on any atom is -0.394 e. The number of anilines is 1. The van der Waals surface area contributed by atoms with Crippen LogP contribution in [0.15, 0.2) is 29.2 Å². The van der Waals surface area contributed by atoms with E-state index in [0.29, 0.717) is 0 Å². The van der Waals surface area contributed by atoms with Gasteiger partial charge < -0.3 is 15.7 Å². The molecule has 3 N–H and O–H groups in total. The number of thioether (sulfide) groups is 1. The number of aliphatic hydroxyl groups is 1. The zero-order valence-corrected chi connectivity index (χ0v) is 10.2. The van der Waals surface area contributed by atoms with E-state index in [1.807, 2.05) is 30.5 Å². The second-order valence-electron chi connectivity index (χ2n) is 3.41. The number of carbonyl (C=O) groups is 1. The van der Waals surface area contributed by atoms with E-state index >= 15 is 0 Å². The van der Waals surface area contributed by atoms with Crippen LogP contribution in [0.5, 0.6) is 0 Å². The van der Waals surface area contributed by atoms with Crippen molar-refractivity contribution in [2.45, 2.75) is 17.9 Å². The van der Waals surface area contributed by atoms with Gasteiger partial charge in [0.15, 0.2) is 0 Å². The summed E-state index contributed by atoms with van der Waals surface area (Å²) in [4.78, 5) is 12.5. The van der Waals surface area contributed by atoms with E-state index in [9.17, 15) is 4.79 Å². The molecule has 0 fully saturated rings. The van der Waals surface area contributed by atoms with Crippen molar-refractivity contribution in [3.63, 3.8) is 0 Å². The summed E-state index contributed by atoms with van der Waals surface area (Å²) in [6.45, 7) is 1.66. The molecule has 1 aromatic rings. The molecule has 0 heterocycles. The van der Waals surface area contributed by atoms with Gasteiger partial charge in [0, 0.05) is 10.6 Å². The van der Waals surface area contributed by atoms with Crippen molar-refractivity contribution in [2.75, 3.05) is 18.2 Å². The maximum atomic E-state index is 11.4. The highest BCUT2D eigenvalue weighted by Gasteiger charge is 2.05. The average molecular weight is 240 g/mol. The molecular formula is C11H16N2O2S. The fraction of sp³-hybridized carbons (Fsp3) is 0.364. The predicted octanol–water partition coefficient (Wildman–Crippen LogP) is 1.91. The van der Waals surface area contributed by atoms with Crippen molar-refractivity contribution >= 4 is 23.5 Å². The van der Waals surface area contributed by atoms with Crippen LogP contribution in [-0.4, -0.2) is 30.0 Å². The Morgan fingerprint density at radius 2 is 2.06 bits per heavy atom. The van der Waals surface area contributed by atoms with Crippen LogP contribution in [0.3, 0.4) is 0 Å². The number of aliphatic hydroxyl groups excluding tert-OH is 1. The summed E-state index contributed by atoms with van der Waals surface area (Å²) in [5.74, 6) is 0. The van der Waals surface area contributed by atoms with Crippen molar-refractivity contribution in [3.05, 3.63) is 24.3 Å². The first-order valence-corrected chi connectivity index (χ1v) is 6.20. The van der Waals surface area contributed by atoms with Gasteiger partial charge in [0.05, 0.1) is 12.6 Å². The van der Waals surface area contributed by atoms with Crippen molar-refractivity contribution in [3.8, 4) is 0 Å². The van der Waals surface area contributed by atoms with Gasteiger partial charge in [-0.1, -0.05) is 0 Å². The molecule has 88 valence electrons.